The van der Waals surface area contributed by atoms with Crippen molar-refractivity contribution < 1.29 is 19.0 Å². The second kappa shape index (κ2) is 10.0. The number of hydrogen-bond donors (Lipinski definition) is 0. The van der Waals surface area contributed by atoms with Crippen LogP contribution in [0.5, 0.6) is 17.2 Å². The Morgan fingerprint density at radius 3 is 2.46 bits per heavy atom. The second-order valence-corrected chi connectivity index (χ2v) is 6.85. The molecule has 1 atom stereocenters. The smallest absolute Gasteiger partial charge is 0.223 e. The van der Waals surface area contributed by atoms with Crippen LogP contribution in [0.2, 0.25) is 0 Å². The lowest BCUT2D eigenvalue weighted by Crippen LogP contribution is -2.30. The van der Waals surface area contributed by atoms with Gasteiger partial charge >= 0.3 is 0 Å². The molecule has 150 valence electrons. The summed E-state index contributed by atoms with van der Waals surface area (Å²) in [7, 11) is 1.66. The van der Waals surface area contributed by atoms with E-state index in [0.717, 1.165) is 36.6 Å². The van der Waals surface area contributed by atoms with Crippen LogP contribution in [-0.4, -0.2) is 37.7 Å². The lowest BCUT2D eigenvalue weighted by Gasteiger charge is -2.25. The monoisotopic (exact) mass is 383 g/mol. The molecule has 0 bridgehead atoms. The highest BCUT2D eigenvalue weighted by Crippen LogP contribution is 2.33. The fourth-order valence-corrected chi connectivity index (χ4v) is 3.63. The van der Waals surface area contributed by atoms with Gasteiger partial charge < -0.3 is 19.1 Å². The predicted molar refractivity (Wildman–Crippen MR) is 109 cm³/mol. The minimum Gasteiger partial charge on any atom is -0.497 e. The molecule has 3 rings (SSSR count). The second-order valence-electron chi connectivity index (χ2n) is 6.85. The van der Waals surface area contributed by atoms with Gasteiger partial charge in [0.25, 0.3) is 0 Å². The summed E-state index contributed by atoms with van der Waals surface area (Å²) in [6, 6.07) is 15.8. The SMILES string of the molecule is CCOc1ccccc1OCCCC(=O)N1CCCC1c1ccc(OC)cc1. The molecule has 0 spiro atoms. The fourth-order valence-electron chi connectivity index (χ4n) is 3.63. The molecular formula is C23H29NO4. The minimum absolute atomic E-state index is 0.165. The quantitative estimate of drug-likeness (QED) is 0.593. The first-order chi connectivity index (χ1) is 13.7. The standard InChI is InChI=1S/C23H29NO4/c1-3-27-21-9-4-5-10-22(21)28-17-7-11-23(25)24-16-6-8-20(24)18-12-14-19(26-2)15-13-18/h4-5,9-10,12-15,20H,3,6-8,11,16-17H2,1-2H3. The first-order valence-corrected chi connectivity index (χ1v) is 10.0. The first kappa shape index (κ1) is 20.1. The normalized spacial score (nSPS) is 16.1. The Labute approximate surface area is 167 Å². The first-order valence-electron chi connectivity index (χ1n) is 10.0. The Hall–Kier alpha value is -2.69. The summed E-state index contributed by atoms with van der Waals surface area (Å²) in [4.78, 5) is 14.8. The summed E-state index contributed by atoms with van der Waals surface area (Å²) >= 11 is 0. The van der Waals surface area contributed by atoms with Crippen LogP contribution in [0.3, 0.4) is 0 Å². The van der Waals surface area contributed by atoms with Gasteiger partial charge in [-0.3, -0.25) is 4.79 Å². The summed E-state index contributed by atoms with van der Waals surface area (Å²) in [5.74, 6) is 2.51. The third-order valence-electron chi connectivity index (χ3n) is 5.02. The van der Waals surface area contributed by atoms with Gasteiger partial charge in [-0.1, -0.05) is 24.3 Å². The fraction of sp³-hybridized carbons (Fsp3) is 0.435. The van der Waals surface area contributed by atoms with E-state index in [9.17, 15) is 4.79 Å². The molecule has 1 aliphatic rings. The lowest BCUT2D eigenvalue weighted by atomic mass is 10.0. The highest BCUT2D eigenvalue weighted by atomic mass is 16.5. The largest absolute Gasteiger partial charge is 0.497 e. The summed E-state index contributed by atoms with van der Waals surface area (Å²) in [5, 5.41) is 0. The maximum Gasteiger partial charge on any atom is 0.223 e. The third-order valence-corrected chi connectivity index (χ3v) is 5.02. The Balaban J connectivity index is 1.50. The van der Waals surface area contributed by atoms with E-state index in [1.165, 1.54) is 5.56 Å². The van der Waals surface area contributed by atoms with E-state index in [2.05, 4.69) is 12.1 Å². The zero-order valence-corrected chi connectivity index (χ0v) is 16.7. The van der Waals surface area contributed by atoms with E-state index >= 15 is 0 Å². The number of rotatable bonds is 9. The molecule has 1 heterocycles. The van der Waals surface area contributed by atoms with Crippen LogP contribution in [-0.2, 0) is 4.79 Å². The van der Waals surface area contributed by atoms with E-state index in [1.54, 1.807) is 7.11 Å². The number of carbonyl (C=O) groups excluding carboxylic acids is 1. The van der Waals surface area contributed by atoms with Crippen LogP contribution >= 0.6 is 0 Å². The molecule has 28 heavy (non-hydrogen) atoms. The third kappa shape index (κ3) is 4.97. The number of methoxy groups -OCH3 is 1. The number of hydrogen-bond acceptors (Lipinski definition) is 4. The molecule has 0 N–H and O–H groups in total. The maximum atomic E-state index is 12.8. The zero-order chi connectivity index (χ0) is 19.8. The molecule has 1 unspecified atom stereocenters. The van der Waals surface area contributed by atoms with Crippen LogP contribution in [0.25, 0.3) is 0 Å². The van der Waals surface area contributed by atoms with Gasteiger partial charge in [0.1, 0.15) is 5.75 Å². The predicted octanol–water partition coefficient (Wildman–Crippen LogP) is 4.62. The molecule has 0 aromatic heterocycles. The number of para-hydroxylation sites is 2. The topological polar surface area (TPSA) is 48.0 Å². The zero-order valence-electron chi connectivity index (χ0n) is 16.7. The molecule has 1 fully saturated rings. The average molecular weight is 383 g/mol. The molecule has 0 saturated carbocycles. The van der Waals surface area contributed by atoms with Gasteiger partial charge in [-0.2, -0.15) is 0 Å². The number of ether oxygens (including phenoxy) is 3. The molecule has 2 aromatic carbocycles. The van der Waals surface area contributed by atoms with E-state index in [0.29, 0.717) is 26.1 Å². The van der Waals surface area contributed by atoms with Gasteiger partial charge in [0, 0.05) is 13.0 Å². The van der Waals surface area contributed by atoms with Crippen molar-refractivity contribution >= 4 is 5.91 Å². The summed E-state index contributed by atoms with van der Waals surface area (Å²) < 4.78 is 16.6. The van der Waals surface area contributed by atoms with Crippen molar-refractivity contribution in [2.75, 3.05) is 26.9 Å². The molecular weight excluding hydrogens is 354 g/mol. The van der Waals surface area contributed by atoms with Crippen LogP contribution in [0.4, 0.5) is 0 Å². The molecule has 5 nitrogen and oxygen atoms in total. The molecule has 2 aromatic rings. The summed E-state index contributed by atoms with van der Waals surface area (Å²) in [5.41, 5.74) is 1.17. The van der Waals surface area contributed by atoms with Crippen LogP contribution < -0.4 is 14.2 Å². The van der Waals surface area contributed by atoms with Crippen LogP contribution in [0.1, 0.15) is 44.2 Å². The van der Waals surface area contributed by atoms with Gasteiger partial charge in [0.15, 0.2) is 11.5 Å². The number of nitrogens with zero attached hydrogens (tertiary/aromatic N) is 1. The summed E-state index contributed by atoms with van der Waals surface area (Å²) in [6.45, 7) is 3.87. The molecule has 0 aliphatic carbocycles. The number of benzene rings is 2. The number of likely N-dealkylation sites (tertiary alicyclic amines) is 1. The van der Waals surface area contributed by atoms with Gasteiger partial charge in [-0.05, 0) is 56.0 Å². The van der Waals surface area contributed by atoms with Crippen molar-refractivity contribution in [3.8, 4) is 17.2 Å². The average Bonchev–Trinajstić information content (AvgIpc) is 3.22. The van der Waals surface area contributed by atoms with Crippen LogP contribution in [0, 0.1) is 0 Å². The van der Waals surface area contributed by atoms with Crippen molar-refractivity contribution in [1.82, 2.24) is 4.90 Å². The molecule has 5 heteroatoms. The maximum absolute atomic E-state index is 12.8. The minimum atomic E-state index is 0.165. The Morgan fingerprint density at radius 1 is 1.07 bits per heavy atom. The number of amides is 1. The Morgan fingerprint density at radius 2 is 1.79 bits per heavy atom. The van der Waals surface area contributed by atoms with E-state index in [1.807, 2.05) is 48.2 Å². The van der Waals surface area contributed by atoms with Crippen molar-refractivity contribution in [2.45, 2.75) is 38.6 Å². The van der Waals surface area contributed by atoms with Crippen molar-refractivity contribution in [3.05, 3.63) is 54.1 Å². The molecule has 1 aliphatic heterocycles. The summed E-state index contributed by atoms with van der Waals surface area (Å²) in [6.07, 6.45) is 3.23. The van der Waals surface area contributed by atoms with Crippen molar-refractivity contribution in [2.24, 2.45) is 0 Å². The van der Waals surface area contributed by atoms with Crippen LogP contribution in [0.15, 0.2) is 48.5 Å². The number of carbonyl (C=O) groups is 1. The van der Waals surface area contributed by atoms with Gasteiger partial charge in [0.2, 0.25) is 5.91 Å². The molecule has 0 radical (unpaired) electrons. The molecule has 1 amide bonds. The van der Waals surface area contributed by atoms with Gasteiger partial charge in [-0.15, -0.1) is 0 Å². The Bertz CT molecular complexity index is 759. The molecule has 1 saturated heterocycles. The van der Waals surface area contributed by atoms with Crippen molar-refractivity contribution in [1.29, 1.82) is 0 Å². The highest BCUT2D eigenvalue weighted by molar-refractivity contribution is 5.77. The van der Waals surface area contributed by atoms with E-state index < -0.39 is 0 Å². The highest BCUT2D eigenvalue weighted by Gasteiger charge is 2.29. The lowest BCUT2D eigenvalue weighted by molar-refractivity contribution is -0.132. The van der Waals surface area contributed by atoms with E-state index in [4.69, 9.17) is 14.2 Å². The Kier molecular flexibility index (Phi) is 7.18. The van der Waals surface area contributed by atoms with E-state index in [-0.39, 0.29) is 11.9 Å². The van der Waals surface area contributed by atoms with Crippen molar-refractivity contribution in [3.63, 3.8) is 0 Å². The van der Waals surface area contributed by atoms with Gasteiger partial charge in [-0.25, -0.2) is 0 Å². The van der Waals surface area contributed by atoms with Gasteiger partial charge in [0.05, 0.1) is 26.4 Å².